The number of nitro groups is 1. The highest BCUT2D eigenvalue weighted by Gasteiger charge is 2.14. The lowest BCUT2D eigenvalue weighted by atomic mass is 10.2. The van der Waals surface area contributed by atoms with E-state index >= 15 is 0 Å². The van der Waals surface area contributed by atoms with E-state index in [1.54, 1.807) is 30.3 Å². The third-order valence-corrected chi connectivity index (χ3v) is 6.54. The molecule has 0 saturated carbocycles. The summed E-state index contributed by atoms with van der Waals surface area (Å²) in [5, 5.41) is 15.1. The Balaban J connectivity index is 1.38. The molecule has 4 rings (SSSR count). The van der Waals surface area contributed by atoms with Crippen molar-refractivity contribution in [1.29, 1.82) is 0 Å². The standard InChI is InChI=1S/C26H25IN4O5/c1-35-24-15-19(14-23(27)25(24)36-17-18-5-4-6-22(13-18)31(33)34)16-28-29-26(32)20-7-9-21(10-8-20)30-11-2-3-12-30/h4-10,13-16H,2-3,11-12,17H2,1H3,(H,29,32)/b28-16-. The van der Waals surface area contributed by atoms with Gasteiger partial charge in [-0.25, -0.2) is 5.43 Å². The van der Waals surface area contributed by atoms with Gasteiger partial charge in [0.15, 0.2) is 11.5 Å². The van der Waals surface area contributed by atoms with Crippen LogP contribution in [0.3, 0.4) is 0 Å². The number of anilines is 1. The van der Waals surface area contributed by atoms with Crippen LogP contribution in [0.2, 0.25) is 0 Å². The average Bonchev–Trinajstić information content (AvgIpc) is 3.43. The van der Waals surface area contributed by atoms with Crippen molar-refractivity contribution < 1.29 is 19.2 Å². The van der Waals surface area contributed by atoms with Gasteiger partial charge in [0.2, 0.25) is 0 Å². The molecule has 1 heterocycles. The van der Waals surface area contributed by atoms with Crippen LogP contribution in [0, 0.1) is 13.7 Å². The molecule has 0 aromatic heterocycles. The van der Waals surface area contributed by atoms with Crippen molar-refractivity contribution in [2.24, 2.45) is 5.10 Å². The van der Waals surface area contributed by atoms with Crippen LogP contribution in [0.1, 0.15) is 34.3 Å². The van der Waals surface area contributed by atoms with Gasteiger partial charge in [0.1, 0.15) is 6.61 Å². The molecule has 1 amide bonds. The molecule has 36 heavy (non-hydrogen) atoms. The van der Waals surface area contributed by atoms with Crippen LogP contribution in [0.25, 0.3) is 0 Å². The highest BCUT2D eigenvalue weighted by Crippen LogP contribution is 2.34. The second-order valence-corrected chi connectivity index (χ2v) is 9.35. The third-order valence-electron chi connectivity index (χ3n) is 5.74. The molecule has 0 bridgehead atoms. The molecule has 0 radical (unpaired) electrons. The second-order valence-electron chi connectivity index (χ2n) is 8.19. The molecule has 10 heteroatoms. The minimum absolute atomic E-state index is 0.00824. The fourth-order valence-electron chi connectivity index (χ4n) is 3.90. The number of benzene rings is 3. The van der Waals surface area contributed by atoms with Gasteiger partial charge in [-0.1, -0.05) is 12.1 Å². The van der Waals surface area contributed by atoms with Crippen LogP contribution in [0.15, 0.2) is 65.8 Å². The Bertz CT molecular complexity index is 1270. The summed E-state index contributed by atoms with van der Waals surface area (Å²) in [6, 6.07) is 17.4. The molecule has 1 saturated heterocycles. The van der Waals surface area contributed by atoms with Gasteiger partial charge >= 0.3 is 0 Å². The van der Waals surface area contributed by atoms with Gasteiger partial charge < -0.3 is 14.4 Å². The number of non-ortho nitro benzene ring substituents is 1. The maximum Gasteiger partial charge on any atom is 0.271 e. The number of hydrogen-bond acceptors (Lipinski definition) is 7. The van der Waals surface area contributed by atoms with Crippen molar-refractivity contribution in [3.8, 4) is 11.5 Å². The molecule has 0 unspecified atom stereocenters. The Hall–Kier alpha value is -3.67. The Morgan fingerprint density at radius 2 is 1.92 bits per heavy atom. The van der Waals surface area contributed by atoms with Gasteiger partial charge in [0.25, 0.3) is 11.6 Å². The van der Waals surface area contributed by atoms with Gasteiger partial charge in [-0.3, -0.25) is 14.9 Å². The van der Waals surface area contributed by atoms with Gasteiger partial charge in [-0.05, 0) is 83.0 Å². The maximum atomic E-state index is 12.5. The first kappa shape index (κ1) is 25.4. The average molecular weight is 600 g/mol. The zero-order valence-electron chi connectivity index (χ0n) is 19.6. The van der Waals surface area contributed by atoms with Gasteiger partial charge in [-0.2, -0.15) is 5.10 Å². The molecule has 3 aromatic rings. The fraction of sp³-hybridized carbons (Fsp3) is 0.231. The Kier molecular flexibility index (Phi) is 8.36. The first-order valence-electron chi connectivity index (χ1n) is 11.4. The Labute approximate surface area is 222 Å². The highest BCUT2D eigenvalue weighted by atomic mass is 127. The third kappa shape index (κ3) is 6.30. The molecule has 3 aromatic carbocycles. The normalized spacial score (nSPS) is 13.1. The number of methoxy groups -OCH3 is 1. The van der Waals surface area contributed by atoms with E-state index in [2.05, 4.69) is 38.0 Å². The highest BCUT2D eigenvalue weighted by molar-refractivity contribution is 14.1. The summed E-state index contributed by atoms with van der Waals surface area (Å²) in [5.74, 6) is 0.708. The molecule has 0 aliphatic carbocycles. The molecular weight excluding hydrogens is 575 g/mol. The van der Waals surface area contributed by atoms with Crippen molar-refractivity contribution in [3.63, 3.8) is 0 Å². The zero-order chi connectivity index (χ0) is 25.5. The van der Waals surface area contributed by atoms with E-state index < -0.39 is 4.92 Å². The van der Waals surface area contributed by atoms with Crippen LogP contribution >= 0.6 is 22.6 Å². The van der Waals surface area contributed by atoms with Crippen LogP contribution < -0.4 is 19.8 Å². The first-order valence-corrected chi connectivity index (χ1v) is 12.4. The lowest BCUT2D eigenvalue weighted by Crippen LogP contribution is -2.19. The molecule has 0 atom stereocenters. The predicted octanol–water partition coefficient (Wildman–Crippen LogP) is 5.15. The Morgan fingerprint density at radius 3 is 2.61 bits per heavy atom. The van der Waals surface area contributed by atoms with Crippen LogP contribution in [0.4, 0.5) is 11.4 Å². The SMILES string of the molecule is COc1cc(/C=N\NC(=O)c2ccc(N3CCCC3)cc2)cc(I)c1OCc1cccc([N+](=O)[O-])c1. The van der Waals surface area contributed by atoms with Crippen LogP contribution in [-0.4, -0.2) is 37.2 Å². The van der Waals surface area contributed by atoms with E-state index in [4.69, 9.17) is 9.47 Å². The van der Waals surface area contributed by atoms with E-state index in [-0.39, 0.29) is 18.2 Å². The number of carbonyl (C=O) groups excluding carboxylic acids is 1. The molecule has 0 spiro atoms. The van der Waals surface area contributed by atoms with Crippen LogP contribution in [-0.2, 0) is 6.61 Å². The van der Waals surface area contributed by atoms with E-state index in [0.29, 0.717) is 28.2 Å². The second kappa shape index (κ2) is 11.8. The molecular formula is C26H25IN4O5. The predicted molar refractivity (Wildman–Crippen MR) is 146 cm³/mol. The van der Waals surface area contributed by atoms with Crippen LogP contribution in [0.5, 0.6) is 11.5 Å². The van der Waals surface area contributed by atoms with Gasteiger partial charge in [0.05, 0.1) is 21.8 Å². The van der Waals surface area contributed by atoms with Crippen molar-refractivity contribution in [2.75, 3.05) is 25.1 Å². The lowest BCUT2D eigenvalue weighted by molar-refractivity contribution is -0.384. The number of hydrazone groups is 1. The first-order chi connectivity index (χ1) is 17.4. The van der Waals surface area contributed by atoms with Crippen molar-refractivity contribution in [1.82, 2.24) is 5.43 Å². The van der Waals surface area contributed by atoms with Crippen molar-refractivity contribution >= 4 is 46.1 Å². The summed E-state index contributed by atoms with van der Waals surface area (Å²) in [7, 11) is 1.53. The number of carbonyl (C=O) groups is 1. The quantitative estimate of drug-likeness (QED) is 0.158. The number of nitrogens with zero attached hydrogens (tertiary/aromatic N) is 3. The maximum absolute atomic E-state index is 12.5. The number of amides is 1. The minimum Gasteiger partial charge on any atom is -0.493 e. The van der Waals surface area contributed by atoms with Gasteiger partial charge in [0, 0.05) is 36.5 Å². The summed E-state index contributed by atoms with van der Waals surface area (Å²) in [4.78, 5) is 25.3. The molecule has 186 valence electrons. The van der Waals surface area contributed by atoms with Gasteiger partial charge in [-0.15, -0.1) is 0 Å². The summed E-state index contributed by atoms with van der Waals surface area (Å²) < 4.78 is 12.2. The summed E-state index contributed by atoms with van der Waals surface area (Å²) in [6.07, 6.45) is 3.93. The Morgan fingerprint density at radius 1 is 1.17 bits per heavy atom. The zero-order valence-corrected chi connectivity index (χ0v) is 21.8. The van der Waals surface area contributed by atoms with E-state index in [9.17, 15) is 14.9 Å². The topological polar surface area (TPSA) is 106 Å². The van der Waals surface area contributed by atoms with E-state index in [0.717, 1.165) is 22.3 Å². The smallest absolute Gasteiger partial charge is 0.271 e. The van der Waals surface area contributed by atoms with Crippen molar-refractivity contribution in [3.05, 3.63) is 91.0 Å². The summed E-state index contributed by atoms with van der Waals surface area (Å²) in [5.41, 5.74) is 5.61. The molecule has 1 aliphatic rings. The molecule has 1 aliphatic heterocycles. The number of halogens is 1. The number of nitro benzene ring substituents is 1. The molecule has 9 nitrogen and oxygen atoms in total. The van der Waals surface area contributed by atoms with E-state index in [1.165, 1.54) is 38.3 Å². The minimum atomic E-state index is -0.440. The number of rotatable bonds is 9. The number of hydrogen-bond donors (Lipinski definition) is 1. The van der Waals surface area contributed by atoms with E-state index in [1.807, 2.05) is 18.2 Å². The lowest BCUT2D eigenvalue weighted by Gasteiger charge is -2.17. The summed E-state index contributed by atoms with van der Waals surface area (Å²) >= 11 is 2.12. The number of nitrogens with one attached hydrogen (secondary N) is 1. The fourth-order valence-corrected chi connectivity index (χ4v) is 4.68. The molecule has 1 N–H and O–H groups in total. The summed E-state index contributed by atoms with van der Waals surface area (Å²) in [6.45, 7) is 2.25. The molecule has 1 fully saturated rings. The monoisotopic (exact) mass is 600 g/mol. The number of ether oxygens (including phenoxy) is 2. The largest absolute Gasteiger partial charge is 0.493 e. The van der Waals surface area contributed by atoms with Crippen molar-refractivity contribution in [2.45, 2.75) is 19.4 Å².